The molecule has 1 aromatic carbocycles. The second-order valence-corrected chi connectivity index (χ2v) is 5.12. The maximum atomic E-state index is 13.5. The van der Waals surface area contributed by atoms with Gasteiger partial charge in [-0.2, -0.15) is 0 Å². The molecule has 0 bridgehead atoms. The van der Waals surface area contributed by atoms with Crippen LogP contribution in [0.1, 0.15) is 32.8 Å². The van der Waals surface area contributed by atoms with Crippen molar-refractivity contribution in [3.63, 3.8) is 0 Å². The van der Waals surface area contributed by atoms with Gasteiger partial charge in [-0.05, 0) is 49.1 Å². The lowest BCUT2D eigenvalue weighted by Gasteiger charge is -2.21. The van der Waals surface area contributed by atoms with Crippen LogP contribution in [-0.4, -0.2) is 12.6 Å². The van der Waals surface area contributed by atoms with E-state index < -0.39 is 0 Å². The molecule has 0 radical (unpaired) electrons. The molecular formula is C14H21ClFN. The van der Waals surface area contributed by atoms with Crippen molar-refractivity contribution in [1.82, 2.24) is 5.32 Å². The van der Waals surface area contributed by atoms with E-state index in [2.05, 4.69) is 26.1 Å². The molecule has 1 aromatic rings. The van der Waals surface area contributed by atoms with E-state index in [4.69, 9.17) is 11.6 Å². The topological polar surface area (TPSA) is 12.0 Å². The maximum absolute atomic E-state index is 13.5. The maximum Gasteiger partial charge on any atom is 0.126 e. The van der Waals surface area contributed by atoms with Crippen LogP contribution in [0.4, 0.5) is 4.39 Å². The molecule has 96 valence electrons. The van der Waals surface area contributed by atoms with Crippen molar-refractivity contribution in [1.29, 1.82) is 0 Å². The highest BCUT2D eigenvalue weighted by molar-refractivity contribution is 6.30. The third-order valence-corrected chi connectivity index (χ3v) is 3.24. The molecule has 3 heteroatoms. The molecule has 0 saturated carbocycles. The van der Waals surface area contributed by atoms with Gasteiger partial charge in [0, 0.05) is 11.1 Å². The standard InChI is InChI=1S/C14H21ClFN/c1-4-17-14(10(2)3)8-5-11-9-12(15)6-7-13(11)16/h6-7,9-10,14,17H,4-5,8H2,1-3H3. The van der Waals surface area contributed by atoms with Crippen LogP contribution in [0.2, 0.25) is 5.02 Å². The molecule has 0 aliphatic rings. The van der Waals surface area contributed by atoms with Crippen LogP contribution < -0.4 is 5.32 Å². The summed E-state index contributed by atoms with van der Waals surface area (Å²) in [7, 11) is 0. The van der Waals surface area contributed by atoms with E-state index in [0.717, 1.165) is 19.4 Å². The average Bonchev–Trinajstić information content (AvgIpc) is 2.28. The van der Waals surface area contributed by atoms with Gasteiger partial charge in [0.25, 0.3) is 0 Å². The molecule has 1 rings (SSSR count). The molecule has 1 N–H and O–H groups in total. The lowest BCUT2D eigenvalue weighted by molar-refractivity contribution is 0.383. The van der Waals surface area contributed by atoms with E-state index in [1.807, 2.05) is 0 Å². The van der Waals surface area contributed by atoms with E-state index in [9.17, 15) is 4.39 Å². The summed E-state index contributed by atoms with van der Waals surface area (Å²) in [6.07, 6.45) is 1.66. The van der Waals surface area contributed by atoms with Gasteiger partial charge in [-0.1, -0.05) is 32.4 Å². The number of hydrogen-bond donors (Lipinski definition) is 1. The van der Waals surface area contributed by atoms with Crippen molar-refractivity contribution in [2.75, 3.05) is 6.54 Å². The third-order valence-electron chi connectivity index (χ3n) is 3.00. The van der Waals surface area contributed by atoms with Crippen LogP contribution in [-0.2, 0) is 6.42 Å². The summed E-state index contributed by atoms with van der Waals surface area (Å²) in [5, 5.41) is 4.03. The minimum Gasteiger partial charge on any atom is -0.314 e. The zero-order chi connectivity index (χ0) is 12.8. The van der Waals surface area contributed by atoms with Crippen LogP contribution in [0, 0.1) is 11.7 Å². The SMILES string of the molecule is CCNC(CCc1cc(Cl)ccc1F)C(C)C. The summed E-state index contributed by atoms with van der Waals surface area (Å²) in [5.74, 6) is 0.394. The fourth-order valence-corrected chi connectivity index (χ4v) is 2.17. The van der Waals surface area contributed by atoms with Gasteiger partial charge >= 0.3 is 0 Å². The Bertz CT molecular complexity index is 352. The quantitative estimate of drug-likeness (QED) is 0.811. The minimum atomic E-state index is -0.159. The normalized spacial score (nSPS) is 13.1. The summed E-state index contributed by atoms with van der Waals surface area (Å²) in [4.78, 5) is 0. The number of hydrogen-bond acceptors (Lipinski definition) is 1. The Kier molecular flexibility index (Phi) is 5.93. The predicted molar refractivity (Wildman–Crippen MR) is 72.0 cm³/mol. The highest BCUT2D eigenvalue weighted by atomic mass is 35.5. The van der Waals surface area contributed by atoms with Crippen LogP contribution >= 0.6 is 11.6 Å². The molecular weight excluding hydrogens is 237 g/mol. The molecule has 0 aliphatic heterocycles. The monoisotopic (exact) mass is 257 g/mol. The number of benzene rings is 1. The summed E-state index contributed by atoms with van der Waals surface area (Å²) < 4.78 is 13.5. The molecule has 1 unspecified atom stereocenters. The highest BCUT2D eigenvalue weighted by Gasteiger charge is 2.13. The third kappa shape index (κ3) is 4.64. The van der Waals surface area contributed by atoms with E-state index in [1.165, 1.54) is 6.07 Å². The molecule has 0 fully saturated rings. The Labute approximate surface area is 108 Å². The number of halogens is 2. The van der Waals surface area contributed by atoms with Crippen molar-refractivity contribution < 1.29 is 4.39 Å². The molecule has 17 heavy (non-hydrogen) atoms. The van der Waals surface area contributed by atoms with Crippen LogP contribution in [0.3, 0.4) is 0 Å². The number of rotatable bonds is 6. The van der Waals surface area contributed by atoms with Crippen molar-refractivity contribution >= 4 is 11.6 Å². The summed E-state index contributed by atoms with van der Waals surface area (Å²) in [5.41, 5.74) is 0.709. The second kappa shape index (κ2) is 6.97. The zero-order valence-electron chi connectivity index (χ0n) is 10.8. The Morgan fingerprint density at radius 2 is 2.06 bits per heavy atom. The van der Waals surface area contributed by atoms with E-state index in [1.54, 1.807) is 12.1 Å². The van der Waals surface area contributed by atoms with Gasteiger partial charge in [0.05, 0.1) is 0 Å². The van der Waals surface area contributed by atoms with E-state index >= 15 is 0 Å². The smallest absolute Gasteiger partial charge is 0.126 e. The van der Waals surface area contributed by atoms with Gasteiger partial charge in [-0.15, -0.1) is 0 Å². The molecule has 0 saturated heterocycles. The van der Waals surface area contributed by atoms with Gasteiger partial charge in [0.2, 0.25) is 0 Å². The zero-order valence-corrected chi connectivity index (χ0v) is 11.5. The summed E-state index contributed by atoms with van der Waals surface area (Å²) >= 11 is 5.87. The Morgan fingerprint density at radius 3 is 2.65 bits per heavy atom. The minimum absolute atomic E-state index is 0.159. The first-order valence-corrected chi connectivity index (χ1v) is 6.59. The Balaban J connectivity index is 2.61. The first-order chi connectivity index (χ1) is 8.04. The average molecular weight is 258 g/mol. The molecule has 0 aliphatic carbocycles. The van der Waals surface area contributed by atoms with Crippen molar-refractivity contribution in [3.8, 4) is 0 Å². The molecule has 0 spiro atoms. The van der Waals surface area contributed by atoms with Gasteiger partial charge in [0.1, 0.15) is 5.82 Å². The fraction of sp³-hybridized carbons (Fsp3) is 0.571. The second-order valence-electron chi connectivity index (χ2n) is 4.68. The predicted octanol–water partition coefficient (Wildman–Crippen LogP) is 4.05. The molecule has 0 aromatic heterocycles. The van der Waals surface area contributed by atoms with Gasteiger partial charge in [-0.25, -0.2) is 4.39 Å². The molecule has 0 amide bonds. The Morgan fingerprint density at radius 1 is 1.35 bits per heavy atom. The largest absolute Gasteiger partial charge is 0.314 e. The van der Waals surface area contributed by atoms with Crippen LogP contribution in [0.15, 0.2) is 18.2 Å². The van der Waals surface area contributed by atoms with Gasteiger partial charge in [0.15, 0.2) is 0 Å². The first-order valence-electron chi connectivity index (χ1n) is 6.22. The first kappa shape index (κ1) is 14.5. The molecule has 1 nitrogen and oxygen atoms in total. The lowest BCUT2D eigenvalue weighted by Crippen LogP contribution is -2.34. The Hall–Kier alpha value is -0.600. The van der Waals surface area contributed by atoms with Crippen LogP contribution in [0.25, 0.3) is 0 Å². The van der Waals surface area contributed by atoms with Gasteiger partial charge < -0.3 is 5.32 Å². The summed E-state index contributed by atoms with van der Waals surface area (Å²) in [6.45, 7) is 7.40. The van der Waals surface area contributed by atoms with Crippen LogP contribution in [0.5, 0.6) is 0 Å². The highest BCUT2D eigenvalue weighted by Crippen LogP contribution is 2.18. The molecule has 1 atom stereocenters. The lowest BCUT2D eigenvalue weighted by atomic mass is 9.96. The number of aryl methyl sites for hydroxylation is 1. The van der Waals surface area contributed by atoms with Crippen molar-refractivity contribution in [2.24, 2.45) is 5.92 Å². The van der Waals surface area contributed by atoms with Crippen molar-refractivity contribution in [3.05, 3.63) is 34.6 Å². The van der Waals surface area contributed by atoms with Gasteiger partial charge in [-0.3, -0.25) is 0 Å². The fourth-order valence-electron chi connectivity index (χ4n) is 1.98. The number of nitrogens with one attached hydrogen (secondary N) is 1. The van der Waals surface area contributed by atoms with E-state index in [-0.39, 0.29) is 5.82 Å². The summed E-state index contributed by atoms with van der Waals surface area (Å²) in [6, 6.07) is 5.18. The van der Waals surface area contributed by atoms with Crippen molar-refractivity contribution in [2.45, 2.75) is 39.7 Å². The van der Waals surface area contributed by atoms with E-state index in [0.29, 0.717) is 22.5 Å². The molecule has 0 heterocycles.